The third-order valence-corrected chi connectivity index (χ3v) is 6.73. The first-order valence-electron chi connectivity index (χ1n) is 11.3. The molecule has 172 valence electrons. The van der Waals surface area contributed by atoms with Crippen LogP contribution in [0.25, 0.3) is 10.9 Å². The first-order chi connectivity index (χ1) is 15.6. The molecular weight excluding hydrogens is 436 g/mol. The Kier molecular flexibility index (Phi) is 6.44. The number of ether oxygens (including phenoxy) is 1. The molecule has 0 saturated carbocycles. The van der Waals surface area contributed by atoms with Crippen molar-refractivity contribution in [1.29, 1.82) is 0 Å². The van der Waals surface area contributed by atoms with E-state index in [9.17, 15) is 9.59 Å². The molecule has 0 fully saturated rings. The Morgan fingerprint density at radius 3 is 2.70 bits per heavy atom. The summed E-state index contributed by atoms with van der Waals surface area (Å²) in [7, 11) is 0. The monoisotopic (exact) mass is 464 g/mol. The van der Waals surface area contributed by atoms with E-state index in [2.05, 4.69) is 26.1 Å². The molecule has 0 saturated heterocycles. The van der Waals surface area contributed by atoms with E-state index in [-0.39, 0.29) is 12.0 Å². The van der Waals surface area contributed by atoms with Gasteiger partial charge < -0.3 is 10.1 Å². The van der Waals surface area contributed by atoms with E-state index < -0.39 is 11.9 Å². The number of esters is 1. The Labute approximate surface area is 199 Å². The number of nitrogens with one attached hydrogen (secondary N) is 1. The van der Waals surface area contributed by atoms with Gasteiger partial charge in [0.2, 0.25) is 0 Å². The maximum Gasteiger partial charge on any atom is 0.339 e. The average molecular weight is 465 g/mol. The second-order valence-electron chi connectivity index (χ2n) is 9.82. The van der Waals surface area contributed by atoms with Crippen LogP contribution in [0, 0.1) is 18.3 Å². The summed E-state index contributed by atoms with van der Waals surface area (Å²) >= 11 is 6.03. The van der Waals surface area contributed by atoms with Gasteiger partial charge in [-0.2, -0.15) is 0 Å². The second-order valence-corrected chi connectivity index (χ2v) is 10.3. The van der Waals surface area contributed by atoms with Crippen LogP contribution in [0.15, 0.2) is 42.5 Å². The Morgan fingerprint density at radius 2 is 1.94 bits per heavy atom. The van der Waals surface area contributed by atoms with Crippen LogP contribution in [0.1, 0.15) is 54.4 Å². The van der Waals surface area contributed by atoms with E-state index in [1.807, 2.05) is 37.3 Å². The van der Waals surface area contributed by atoms with Crippen molar-refractivity contribution in [2.24, 2.45) is 11.3 Å². The molecule has 1 atom stereocenters. The number of aryl methyl sites for hydroxylation is 2. The number of para-hydroxylation sites is 1. The molecule has 1 aliphatic rings. The molecule has 1 unspecified atom stereocenters. The normalized spacial score (nSPS) is 15.7. The van der Waals surface area contributed by atoms with Crippen LogP contribution in [0.4, 0.5) is 5.69 Å². The number of carbonyl (C=O) groups excluding carboxylic acids is 2. The summed E-state index contributed by atoms with van der Waals surface area (Å²) < 4.78 is 5.52. The summed E-state index contributed by atoms with van der Waals surface area (Å²) in [5, 5.41) is 4.06. The first kappa shape index (κ1) is 23.2. The number of amides is 1. The lowest BCUT2D eigenvalue weighted by molar-refractivity contribution is -0.119. The molecule has 1 N–H and O–H groups in total. The SMILES string of the molecule is Cc1ccc(Cl)cc1NC(=O)COC(=O)c1c2c(nc3ccccc13)CCC(C(C)(C)C)C2. The molecule has 1 aliphatic carbocycles. The van der Waals surface area contributed by atoms with Crippen molar-refractivity contribution in [2.45, 2.75) is 47.0 Å². The second kappa shape index (κ2) is 9.14. The smallest absolute Gasteiger partial charge is 0.339 e. The highest BCUT2D eigenvalue weighted by Crippen LogP contribution is 2.39. The van der Waals surface area contributed by atoms with E-state index in [0.29, 0.717) is 22.2 Å². The number of aromatic nitrogens is 1. The summed E-state index contributed by atoms with van der Waals surface area (Å²) in [6, 6.07) is 12.9. The van der Waals surface area contributed by atoms with Gasteiger partial charge in [0.1, 0.15) is 0 Å². The number of halogens is 1. The molecule has 1 heterocycles. The number of carbonyl (C=O) groups is 2. The first-order valence-corrected chi connectivity index (χ1v) is 11.6. The highest BCUT2D eigenvalue weighted by Gasteiger charge is 2.33. The number of hydrogen-bond donors (Lipinski definition) is 1. The van der Waals surface area contributed by atoms with Crippen molar-refractivity contribution in [1.82, 2.24) is 4.98 Å². The van der Waals surface area contributed by atoms with Crippen molar-refractivity contribution in [2.75, 3.05) is 11.9 Å². The lowest BCUT2D eigenvalue weighted by atomic mass is 9.70. The van der Waals surface area contributed by atoms with Crippen molar-refractivity contribution in [3.05, 3.63) is 69.9 Å². The number of benzene rings is 2. The lowest BCUT2D eigenvalue weighted by Crippen LogP contribution is -2.29. The van der Waals surface area contributed by atoms with Gasteiger partial charge >= 0.3 is 5.97 Å². The van der Waals surface area contributed by atoms with Gasteiger partial charge in [-0.3, -0.25) is 9.78 Å². The van der Waals surface area contributed by atoms with Crippen molar-refractivity contribution in [3.63, 3.8) is 0 Å². The van der Waals surface area contributed by atoms with Crippen LogP contribution in [0.3, 0.4) is 0 Å². The van der Waals surface area contributed by atoms with Crippen molar-refractivity contribution in [3.8, 4) is 0 Å². The van der Waals surface area contributed by atoms with Gasteiger partial charge in [0, 0.05) is 21.8 Å². The molecule has 33 heavy (non-hydrogen) atoms. The highest BCUT2D eigenvalue weighted by atomic mass is 35.5. The fourth-order valence-corrected chi connectivity index (χ4v) is 4.65. The van der Waals surface area contributed by atoms with Gasteiger partial charge in [0.15, 0.2) is 6.61 Å². The van der Waals surface area contributed by atoms with Crippen LogP contribution >= 0.6 is 11.6 Å². The number of nitrogens with zero attached hydrogens (tertiary/aromatic N) is 1. The predicted octanol–water partition coefficient (Wildman–Crippen LogP) is 6.14. The van der Waals surface area contributed by atoms with E-state index in [0.717, 1.165) is 47.0 Å². The highest BCUT2D eigenvalue weighted by molar-refractivity contribution is 6.31. The third kappa shape index (κ3) is 5.03. The minimum atomic E-state index is -0.489. The van der Waals surface area contributed by atoms with E-state index in [1.165, 1.54) is 0 Å². The van der Waals surface area contributed by atoms with Crippen LogP contribution in [0.5, 0.6) is 0 Å². The maximum absolute atomic E-state index is 13.3. The van der Waals surface area contributed by atoms with E-state index in [1.54, 1.807) is 12.1 Å². The Balaban J connectivity index is 1.60. The third-order valence-electron chi connectivity index (χ3n) is 6.50. The topological polar surface area (TPSA) is 68.3 Å². The lowest BCUT2D eigenvalue weighted by Gasteiger charge is -2.35. The van der Waals surface area contributed by atoms with Gasteiger partial charge in [0.05, 0.1) is 11.1 Å². The van der Waals surface area contributed by atoms with Crippen LogP contribution in [0.2, 0.25) is 5.02 Å². The summed E-state index contributed by atoms with van der Waals surface area (Å²) in [5.41, 5.74) is 4.83. The molecule has 0 aliphatic heterocycles. The standard InChI is InChI=1S/C27H29ClN2O3/c1-16-9-11-18(28)14-23(16)30-24(31)15-33-26(32)25-19-7-5-6-8-21(19)29-22-12-10-17(13-20(22)25)27(2,3)4/h5-9,11,14,17H,10,12-13,15H2,1-4H3,(H,30,31). The molecule has 1 aromatic heterocycles. The number of hydrogen-bond acceptors (Lipinski definition) is 4. The minimum Gasteiger partial charge on any atom is -0.452 e. The minimum absolute atomic E-state index is 0.124. The molecule has 2 aromatic carbocycles. The number of rotatable bonds is 4. The summed E-state index contributed by atoms with van der Waals surface area (Å²) in [6.07, 6.45) is 2.64. The van der Waals surface area contributed by atoms with Crippen LogP contribution in [-0.4, -0.2) is 23.5 Å². The fraction of sp³-hybridized carbons (Fsp3) is 0.370. The van der Waals surface area contributed by atoms with Gasteiger partial charge in [-0.25, -0.2) is 4.79 Å². The van der Waals surface area contributed by atoms with Gasteiger partial charge in [-0.1, -0.05) is 56.6 Å². The number of pyridine rings is 1. The summed E-state index contributed by atoms with van der Waals surface area (Å²) in [6.45, 7) is 8.20. The van der Waals surface area contributed by atoms with Gasteiger partial charge in [-0.15, -0.1) is 0 Å². The van der Waals surface area contributed by atoms with Crippen LogP contribution in [-0.2, 0) is 22.4 Å². The molecule has 0 bridgehead atoms. The number of anilines is 1. The zero-order valence-electron chi connectivity index (χ0n) is 19.5. The van der Waals surface area contributed by atoms with Crippen molar-refractivity contribution < 1.29 is 14.3 Å². The van der Waals surface area contributed by atoms with E-state index in [4.69, 9.17) is 21.3 Å². The fourth-order valence-electron chi connectivity index (χ4n) is 4.48. The van der Waals surface area contributed by atoms with Gasteiger partial charge in [0.25, 0.3) is 5.91 Å². The zero-order chi connectivity index (χ0) is 23.8. The van der Waals surface area contributed by atoms with E-state index >= 15 is 0 Å². The molecule has 0 spiro atoms. The maximum atomic E-state index is 13.3. The Bertz CT molecular complexity index is 1230. The molecule has 6 heteroatoms. The molecule has 0 radical (unpaired) electrons. The van der Waals surface area contributed by atoms with Gasteiger partial charge in [-0.05, 0) is 66.8 Å². The zero-order valence-corrected chi connectivity index (χ0v) is 20.3. The number of fused-ring (bicyclic) bond motifs is 2. The Morgan fingerprint density at radius 1 is 1.18 bits per heavy atom. The predicted molar refractivity (Wildman–Crippen MR) is 132 cm³/mol. The molecule has 5 nitrogen and oxygen atoms in total. The summed E-state index contributed by atoms with van der Waals surface area (Å²) in [5.74, 6) is -0.459. The molecule has 1 amide bonds. The molecule has 3 aromatic rings. The summed E-state index contributed by atoms with van der Waals surface area (Å²) in [4.78, 5) is 30.7. The Hall–Kier alpha value is -2.92. The van der Waals surface area contributed by atoms with Crippen molar-refractivity contribution >= 4 is 40.1 Å². The van der Waals surface area contributed by atoms with Crippen LogP contribution < -0.4 is 5.32 Å². The molecule has 4 rings (SSSR count). The molecular formula is C27H29ClN2O3. The quantitative estimate of drug-likeness (QED) is 0.470. The average Bonchev–Trinajstić information content (AvgIpc) is 2.77. The largest absolute Gasteiger partial charge is 0.452 e.